The molecule has 0 fully saturated rings. The van der Waals surface area contributed by atoms with E-state index < -0.39 is 36.6 Å². The van der Waals surface area contributed by atoms with Gasteiger partial charge in [-0.05, 0) is 0 Å². The van der Waals surface area contributed by atoms with Gasteiger partial charge in [0.1, 0.15) is 0 Å². The van der Waals surface area contributed by atoms with E-state index in [-0.39, 0.29) is 301 Å². The Labute approximate surface area is 401 Å². The Morgan fingerprint density at radius 1 is 0.182 bits per heavy atom. The van der Waals surface area contributed by atoms with Gasteiger partial charge in [-0.2, -0.15) is 0 Å². The maximum Gasteiger partial charge on any atom is 1.00 e. The maximum absolute atomic E-state index is 8.42. The molecule has 0 aromatic heterocycles. The second kappa shape index (κ2) is 116. The Balaban J connectivity index is -0.00000000485. The molecule has 0 aliphatic heterocycles. The van der Waals surface area contributed by atoms with Crippen LogP contribution in [0.2, 0.25) is 0 Å². The molecule has 0 rings (SSSR count). The summed E-state index contributed by atoms with van der Waals surface area (Å²) in [5, 5.41) is 126. The van der Waals surface area contributed by atoms with Gasteiger partial charge in [-0.25, -0.2) is 0 Å². The Kier molecular flexibility index (Phi) is 436. The minimum atomic E-state index is -2.92. The van der Waals surface area contributed by atoms with Gasteiger partial charge >= 0.3 is 257 Å². The Morgan fingerprint density at radius 2 is 0.182 bits per heavy atom. The molecule has 0 atom stereocenters. The molecule has 0 aromatic carbocycles. The second-order valence-electron chi connectivity index (χ2n) is 1.44. The summed E-state index contributed by atoms with van der Waals surface area (Å²) in [6.45, 7) is 0. The summed E-state index contributed by atoms with van der Waals surface area (Å²) in [7, 11) is -14.6. The van der Waals surface area contributed by atoms with Crippen molar-refractivity contribution in [1.29, 1.82) is 0 Å². The van der Waals surface area contributed by atoms with Crippen LogP contribution in [0.3, 0.4) is 0 Å². The summed E-state index contributed by atoms with van der Waals surface area (Å²) >= 11 is 0. The van der Waals surface area contributed by atoms with Crippen molar-refractivity contribution in [2.45, 2.75) is 0 Å². The number of hydrogen-bond acceptors (Lipinski definition) is 15. The van der Waals surface area contributed by atoms with E-state index in [1.807, 2.05) is 0 Å². The van der Waals surface area contributed by atoms with Gasteiger partial charge in [0.05, 0.1) is 0 Å². The third-order valence-electron chi connectivity index (χ3n) is 0. The van der Waals surface area contributed by atoms with Crippen LogP contribution in [0.5, 0.6) is 0 Å². The van der Waals surface area contributed by atoms with Crippen LogP contribution in [0.15, 0.2) is 0 Å². The zero-order valence-corrected chi connectivity index (χ0v) is 33.6. The average molecular weight is 634 g/mol. The quantitative estimate of drug-likeness (QED) is 0.223. The molecular weight excluding hydrogens is 618 g/mol. The first-order valence-corrected chi connectivity index (χ1v) is 3.54. The van der Waals surface area contributed by atoms with E-state index in [9.17, 15) is 0 Å². The van der Waals surface area contributed by atoms with Gasteiger partial charge in [-0.15, -0.1) is 0 Å². The molecule has 33 heteroatoms. The van der Waals surface area contributed by atoms with Crippen LogP contribution in [-0.2, 0) is 0 Å². The van der Waals surface area contributed by atoms with Crippen molar-refractivity contribution in [2.75, 3.05) is 0 Å². The van der Waals surface area contributed by atoms with E-state index in [1.165, 1.54) is 0 Å². The van der Waals surface area contributed by atoms with Gasteiger partial charge in [0.25, 0.3) is 0 Å². The molecule has 0 heterocycles. The fraction of sp³-hybridized carbons (Fsp3) is 0. The molecule has 0 spiro atoms. The van der Waals surface area contributed by atoms with Crippen molar-refractivity contribution in [3.8, 4) is 0 Å². The van der Waals surface area contributed by atoms with Crippen molar-refractivity contribution in [3.63, 3.8) is 0 Å². The first-order valence-electron chi connectivity index (χ1n) is 3.54. The molecular formula is H16B5K5O23-10. The zero-order chi connectivity index (χ0) is 17.9. The predicted molar refractivity (Wildman–Crippen MR) is 57.7 cm³/mol. The predicted octanol–water partition coefficient (Wildman–Crippen LogP) is -41.3. The van der Waals surface area contributed by atoms with Crippen LogP contribution >= 0.6 is 0 Å². The largest absolute Gasteiger partial charge is 1.00 e. The van der Waals surface area contributed by atoms with Crippen molar-refractivity contribution < 1.29 is 376 Å². The molecule has 0 saturated carbocycles. The SMILES string of the molecule is O.O.O.O.O.O.O.O.[K+].[K+].[K+].[K+].[K+].[O-]B([O-])[O-].[O-]B([O-])[O-].[O-]B([O-])[O-].[O-]B([O-])[O-].[O-]B([O-])[O-]. The van der Waals surface area contributed by atoms with Gasteiger partial charge in [-0.1, -0.05) is 0 Å². The maximum atomic E-state index is 8.42. The third kappa shape index (κ3) is 972. The van der Waals surface area contributed by atoms with E-state index >= 15 is 0 Å². The normalized spacial score (nSPS) is 4.09. The van der Waals surface area contributed by atoms with E-state index in [0.717, 1.165) is 0 Å². The molecule has 0 amide bonds. The number of rotatable bonds is 0. The minimum Gasteiger partial charge on any atom is -0.907 e. The van der Waals surface area contributed by atoms with Gasteiger partial charge in [0.2, 0.25) is 0 Å². The standard InChI is InChI=1S/5BO3.5K.8H2O/c5*2-1(3)4;;;;;;;;;;;;;/h;;;;;;;;;;8*1H2/q5*-3;5*+1;;;;;;;;. The van der Waals surface area contributed by atoms with Crippen molar-refractivity contribution in [2.24, 2.45) is 0 Å². The molecule has 0 bridgehead atoms. The Morgan fingerprint density at radius 3 is 0.182 bits per heavy atom. The zero-order valence-electron chi connectivity index (χ0n) is 18.0. The monoisotopic (exact) mass is 634 g/mol. The van der Waals surface area contributed by atoms with Crippen molar-refractivity contribution >= 4 is 36.6 Å². The first kappa shape index (κ1) is 125. The van der Waals surface area contributed by atoms with Crippen LogP contribution < -0.4 is 332 Å². The first-order chi connectivity index (χ1) is 8.66. The summed E-state index contributed by atoms with van der Waals surface area (Å²) < 4.78 is 0. The molecule has 0 radical (unpaired) electrons. The molecule has 0 aromatic rings. The van der Waals surface area contributed by atoms with Gasteiger partial charge < -0.3 is 119 Å². The Hall–Kier alpha value is 7.59. The van der Waals surface area contributed by atoms with Crippen molar-refractivity contribution in [1.82, 2.24) is 0 Å². The summed E-state index contributed by atoms with van der Waals surface area (Å²) in [6, 6.07) is 0. The van der Waals surface area contributed by atoms with E-state index in [0.29, 0.717) is 0 Å². The topological polar surface area (TPSA) is 598 Å². The molecule has 184 valence electrons. The fourth-order valence-corrected chi connectivity index (χ4v) is 0. The molecule has 0 saturated heterocycles. The summed E-state index contributed by atoms with van der Waals surface area (Å²) in [6.07, 6.45) is 0. The van der Waals surface area contributed by atoms with Crippen LogP contribution in [0.4, 0.5) is 0 Å². The van der Waals surface area contributed by atoms with Crippen LogP contribution in [0, 0.1) is 0 Å². The van der Waals surface area contributed by atoms with Gasteiger partial charge in [0, 0.05) is 0 Å². The van der Waals surface area contributed by atoms with E-state index in [1.54, 1.807) is 0 Å². The van der Waals surface area contributed by atoms with Gasteiger partial charge in [-0.3, -0.25) is 36.6 Å². The van der Waals surface area contributed by atoms with Crippen LogP contribution in [-0.4, -0.2) is 80.4 Å². The summed E-state index contributed by atoms with van der Waals surface area (Å²) in [5.74, 6) is 0. The van der Waals surface area contributed by atoms with E-state index in [4.69, 9.17) is 75.4 Å². The molecule has 16 N–H and O–H groups in total. The smallest absolute Gasteiger partial charge is 0.907 e. The minimum absolute atomic E-state index is 0. The second-order valence-corrected chi connectivity index (χ2v) is 1.44. The third-order valence-corrected chi connectivity index (χ3v) is 0. The molecule has 0 aliphatic carbocycles. The van der Waals surface area contributed by atoms with Crippen molar-refractivity contribution in [3.05, 3.63) is 0 Å². The molecule has 0 unspecified atom stereocenters. The summed E-state index contributed by atoms with van der Waals surface area (Å²) in [4.78, 5) is 0. The van der Waals surface area contributed by atoms with E-state index in [2.05, 4.69) is 0 Å². The fourth-order valence-electron chi connectivity index (χ4n) is 0. The Bertz CT molecular complexity index is 97.8. The van der Waals surface area contributed by atoms with Crippen LogP contribution in [0.25, 0.3) is 0 Å². The van der Waals surface area contributed by atoms with Crippen LogP contribution in [0.1, 0.15) is 0 Å². The molecule has 0 aliphatic rings. The van der Waals surface area contributed by atoms with Gasteiger partial charge in [0.15, 0.2) is 0 Å². The molecule has 23 nitrogen and oxygen atoms in total. The number of hydrogen-bond donors (Lipinski definition) is 0. The molecule has 33 heavy (non-hydrogen) atoms. The summed E-state index contributed by atoms with van der Waals surface area (Å²) in [5.41, 5.74) is 0. The average Bonchev–Trinajstić information content (AvgIpc) is 1.94.